The average Bonchev–Trinajstić information content (AvgIpc) is 2.93. The highest BCUT2D eigenvalue weighted by Gasteiger charge is 2.30. The van der Waals surface area contributed by atoms with Gasteiger partial charge in [-0.05, 0) is 55.2 Å². The van der Waals surface area contributed by atoms with Crippen LogP contribution in [0, 0.1) is 11.8 Å². The number of Topliss-reactive ketones (excluding diaryl/α,β-unsaturated/α-hetero) is 1. The van der Waals surface area contributed by atoms with Gasteiger partial charge in [0, 0.05) is 11.5 Å². The van der Waals surface area contributed by atoms with Gasteiger partial charge in [0.15, 0.2) is 5.78 Å². The number of hydrogen-bond acceptors (Lipinski definition) is 1. The molecule has 1 heteroatoms. The third-order valence-electron chi connectivity index (χ3n) is 5.15. The van der Waals surface area contributed by atoms with Crippen molar-refractivity contribution < 1.29 is 4.79 Å². The van der Waals surface area contributed by atoms with Crippen LogP contribution in [0.5, 0.6) is 0 Å². The third kappa shape index (κ3) is 2.48. The van der Waals surface area contributed by atoms with Crippen LogP contribution in [0.25, 0.3) is 0 Å². The number of fused-ring (bicyclic) bond motifs is 1. The van der Waals surface area contributed by atoms with E-state index in [0.29, 0.717) is 17.6 Å². The van der Waals surface area contributed by atoms with Crippen LogP contribution >= 0.6 is 0 Å². The van der Waals surface area contributed by atoms with Gasteiger partial charge in [-0.3, -0.25) is 4.79 Å². The fourth-order valence-electron chi connectivity index (χ4n) is 3.98. The molecule has 0 aliphatic heterocycles. The Morgan fingerprint density at radius 1 is 1.11 bits per heavy atom. The predicted octanol–water partition coefficient (Wildman–Crippen LogP) is 4.57. The van der Waals surface area contributed by atoms with Crippen LogP contribution in [-0.2, 0) is 12.8 Å². The molecule has 1 saturated carbocycles. The van der Waals surface area contributed by atoms with Gasteiger partial charge >= 0.3 is 0 Å². The minimum Gasteiger partial charge on any atom is -0.294 e. The lowest BCUT2D eigenvalue weighted by molar-refractivity contribution is 0.0820. The molecule has 3 rings (SSSR count). The van der Waals surface area contributed by atoms with E-state index in [2.05, 4.69) is 25.1 Å². The highest BCUT2D eigenvalue weighted by molar-refractivity contribution is 5.98. The van der Waals surface area contributed by atoms with Crippen molar-refractivity contribution in [3.63, 3.8) is 0 Å². The molecule has 1 fully saturated rings. The second-order valence-corrected chi connectivity index (χ2v) is 6.26. The van der Waals surface area contributed by atoms with Crippen molar-refractivity contribution in [2.75, 3.05) is 0 Å². The van der Waals surface area contributed by atoms with Gasteiger partial charge in [0.25, 0.3) is 0 Å². The molecule has 2 aliphatic rings. The Hall–Kier alpha value is -1.11. The van der Waals surface area contributed by atoms with Crippen LogP contribution in [-0.4, -0.2) is 5.78 Å². The SMILES string of the molecule is CCC1CCCCC1C(=O)c1ccc2c(c1)CCC2. The maximum Gasteiger partial charge on any atom is 0.166 e. The van der Waals surface area contributed by atoms with Crippen molar-refractivity contribution in [2.24, 2.45) is 11.8 Å². The molecule has 0 saturated heterocycles. The van der Waals surface area contributed by atoms with Crippen molar-refractivity contribution in [3.8, 4) is 0 Å². The van der Waals surface area contributed by atoms with E-state index in [1.54, 1.807) is 0 Å². The molecule has 0 bridgehead atoms. The molecule has 102 valence electrons. The van der Waals surface area contributed by atoms with Gasteiger partial charge < -0.3 is 0 Å². The highest BCUT2D eigenvalue weighted by atomic mass is 16.1. The van der Waals surface area contributed by atoms with Crippen molar-refractivity contribution in [1.82, 2.24) is 0 Å². The summed E-state index contributed by atoms with van der Waals surface area (Å²) in [6.07, 6.45) is 9.68. The number of benzene rings is 1. The monoisotopic (exact) mass is 256 g/mol. The first kappa shape index (κ1) is 12.9. The summed E-state index contributed by atoms with van der Waals surface area (Å²) < 4.78 is 0. The van der Waals surface area contributed by atoms with E-state index >= 15 is 0 Å². The Labute approximate surface area is 116 Å². The number of aryl methyl sites for hydroxylation is 2. The lowest BCUT2D eigenvalue weighted by Crippen LogP contribution is -2.27. The lowest BCUT2D eigenvalue weighted by atomic mass is 9.74. The summed E-state index contributed by atoms with van der Waals surface area (Å²) in [4.78, 5) is 12.8. The van der Waals surface area contributed by atoms with E-state index < -0.39 is 0 Å². The molecular formula is C18H24O. The average molecular weight is 256 g/mol. The van der Waals surface area contributed by atoms with Crippen molar-refractivity contribution >= 4 is 5.78 Å². The minimum absolute atomic E-state index is 0.290. The Balaban J connectivity index is 1.82. The maximum atomic E-state index is 12.8. The number of rotatable bonds is 3. The second kappa shape index (κ2) is 5.48. The molecule has 2 aliphatic carbocycles. The van der Waals surface area contributed by atoms with Crippen LogP contribution in [0.2, 0.25) is 0 Å². The molecule has 1 aromatic carbocycles. The van der Waals surface area contributed by atoms with Crippen molar-refractivity contribution in [1.29, 1.82) is 0 Å². The smallest absolute Gasteiger partial charge is 0.166 e. The van der Waals surface area contributed by atoms with Crippen LogP contribution in [0.3, 0.4) is 0 Å². The topological polar surface area (TPSA) is 17.1 Å². The van der Waals surface area contributed by atoms with Gasteiger partial charge in [0.2, 0.25) is 0 Å². The standard InChI is InChI=1S/C18H24O/c1-2-13-6-3-4-9-17(13)18(19)16-11-10-14-7-5-8-15(14)12-16/h10-13,17H,2-9H2,1H3. The van der Waals surface area contributed by atoms with Crippen LogP contribution in [0.4, 0.5) is 0 Å². The summed E-state index contributed by atoms with van der Waals surface area (Å²) in [6, 6.07) is 6.46. The van der Waals surface area contributed by atoms with Gasteiger partial charge in [-0.15, -0.1) is 0 Å². The quantitative estimate of drug-likeness (QED) is 0.724. The molecule has 0 spiro atoms. The summed E-state index contributed by atoms with van der Waals surface area (Å²) in [5.74, 6) is 1.33. The van der Waals surface area contributed by atoms with Crippen molar-refractivity contribution in [3.05, 3.63) is 34.9 Å². The van der Waals surface area contributed by atoms with Crippen LogP contribution in [0.1, 0.15) is 66.9 Å². The largest absolute Gasteiger partial charge is 0.294 e. The normalized spacial score (nSPS) is 26.2. The Bertz CT molecular complexity index is 475. The molecule has 0 radical (unpaired) electrons. The van der Waals surface area contributed by atoms with E-state index in [1.807, 2.05) is 0 Å². The van der Waals surface area contributed by atoms with E-state index in [9.17, 15) is 4.79 Å². The Morgan fingerprint density at radius 3 is 2.74 bits per heavy atom. The molecule has 0 aromatic heterocycles. The van der Waals surface area contributed by atoms with Gasteiger partial charge in [0.1, 0.15) is 0 Å². The first-order valence-corrected chi connectivity index (χ1v) is 7.95. The minimum atomic E-state index is 0.290. The first-order chi connectivity index (χ1) is 9.29. The summed E-state index contributed by atoms with van der Waals surface area (Å²) >= 11 is 0. The van der Waals surface area contributed by atoms with Crippen molar-refractivity contribution in [2.45, 2.75) is 58.3 Å². The molecule has 0 heterocycles. The number of carbonyl (C=O) groups is 1. The summed E-state index contributed by atoms with van der Waals surface area (Å²) in [6.45, 7) is 2.24. The lowest BCUT2D eigenvalue weighted by Gasteiger charge is -2.29. The zero-order valence-electron chi connectivity index (χ0n) is 12.0. The molecule has 0 amide bonds. The number of carbonyl (C=O) groups excluding carboxylic acids is 1. The molecule has 2 unspecified atom stereocenters. The fourth-order valence-corrected chi connectivity index (χ4v) is 3.98. The highest BCUT2D eigenvalue weighted by Crippen LogP contribution is 2.35. The van der Waals surface area contributed by atoms with Gasteiger partial charge in [-0.2, -0.15) is 0 Å². The van der Waals surface area contributed by atoms with Crippen LogP contribution < -0.4 is 0 Å². The van der Waals surface area contributed by atoms with E-state index in [-0.39, 0.29) is 0 Å². The maximum absolute atomic E-state index is 12.8. The van der Waals surface area contributed by atoms with Gasteiger partial charge in [-0.25, -0.2) is 0 Å². The molecule has 19 heavy (non-hydrogen) atoms. The molecule has 0 N–H and O–H groups in total. The second-order valence-electron chi connectivity index (χ2n) is 6.26. The molecule has 1 aromatic rings. The Morgan fingerprint density at radius 2 is 1.89 bits per heavy atom. The first-order valence-electron chi connectivity index (χ1n) is 7.95. The number of ketones is 1. The number of hydrogen-bond donors (Lipinski definition) is 0. The van der Waals surface area contributed by atoms with E-state index in [4.69, 9.17) is 0 Å². The molecular weight excluding hydrogens is 232 g/mol. The predicted molar refractivity (Wildman–Crippen MR) is 78.5 cm³/mol. The summed E-state index contributed by atoms with van der Waals surface area (Å²) in [5, 5.41) is 0. The van der Waals surface area contributed by atoms with E-state index in [1.165, 1.54) is 49.7 Å². The summed E-state index contributed by atoms with van der Waals surface area (Å²) in [5.41, 5.74) is 3.87. The zero-order chi connectivity index (χ0) is 13.2. The summed E-state index contributed by atoms with van der Waals surface area (Å²) in [7, 11) is 0. The fraction of sp³-hybridized carbons (Fsp3) is 0.611. The zero-order valence-corrected chi connectivity index (χ0v) is 12.0. The van der Waals surface area contributed by atoms with Gasteiger partial charge in [0.05, 0.1) is 0 Å². The third-order valence-corrected chi connectivity index (χ3v) is 5.15. The molecule has 2 atom stereocenters. The van der Waals surface area contributed by atoms with Crippen LogP contribution in [0.15, 0.2) is 18.2 Å². The van der Waals surface area contributed by atoms with Gasteiger partial charge in [-0.1, -0.05) is 38.3 Å². The molecule has 1 nitrogen and oxygen atoms in total. The Kier molecular flexibility index (Phi) is 3.72. The van der Waals surface area contributed by atoms with E-state index in [0.717, 1.165) is 18.4 Å².